The third-order valence-corrected chi connectivity index (χ3v) is 3.65. The SMILES string of the molecule is COCCSC(c1ccccc1)C(C)N. The summed E-state index contributed by atoms with van der Waals surface area (Å²) >= 11 is 1.86. The standard InChI is InChI=1S/C12H19NOS/c1-10(13)12(15-9-8-14-2)11-6-4-3-5-7-11/h3-7,10,12H,8-9,13H2,1-2H3. The van der Waals surface area contributed by atoms with Crippen LogP contribution in [0.15, 0.2) is 30.3 Å². The van der Waals surface area contributed by atoms with E-state index in [0.29, 0.717) is 5.25 Å². The number of hydrogen-bond donors (Lipinski definition) is 1. The van der Waals surface area contributed by atoms with Gasteiger partial charge < -0.3 is 10.5 Å². The van der Waals surface area contributed by atoms with Crippen molar-refractivity contribution in [3.8, 4) is 0 Å². The Morgan fingerprint density at radius 1 is 1.33 bits per heavy atom. The quantitative estimate of drug-likeness (QED) is 0.755. The van der Waals surface area contributed by atoms with E-state index in [1.54, 1.807) is 7.11 Å². The maximum atomic E-state index is 5.99. The molecular formula is C12H19NOS. The summed E-state index contributed by atoms with van der Waals surface area (Å²) in [4.78, 5) is 0. The second-order valence-electron chi connectivity index (χ2n) is 3.55. The zero-order valence-electron chi connectivity index (χ0n) is 9.35. The van der Waals surface area contributed by atoms with Crippen LogP contribution in [0.1, 0.15) is 17.7 Å². The summed E-state index contributed by atoms with van der Waals surface area (Å²) in [5.74, 6) is 0.984. The largest absolute Gasteiger partial charge is 0.384 e. The molecule has 0 aliphatic rings. The van der Waals surface area contributed by atoms with Crippen molar-refractivity contribution >= 4 is 11.8 Å². The van der Waals surface area contributed by atoms with Crippen molar-refractivity contribution in [1.82, 2.24) is 0 Å². The molecule has 0 amide bonds. The first-order valence-corrected chi connectivity index (χ1v) is 6.21. The molecule has 0 aliphatic carbocycles. The van der Waals surface area contributed by atoms with Crippen LogP contribution in [0.3, 0.4) is 0 Å². The van der Waals surface area contributed by atoms with Crippen LogP contribution in [0, 0.1) is 0 Å². The van der Waals surface area contributed by atoms with Gasteiger partial charge >= 0.3 is 0 Å². The second-order valence-corrected chi connectivity index (χ2v) is 4.80. The summed E-state index contributed by atoms with van der Waals surface area (Å²) in [6, 6.07) is 10.6. The minimum atomic E-state index is 0.161. The Morgan fingerprint density at radius 2 is 2.00 bits per heavy atom. The Labute approximate surface area is 96.2 Å². The van der Waals surface area contributed by atoms with Crippen LogP contribution in [0.25, 0.3) is 0 Å². The van der Waals surface area contributed by atoms with Gasteiger partial charge in [-0.25, -0.2) is 0 Å². The van der Waals surface area contributed by atoms with Gasteiger partial charge in [-0.2, -0.15) is 0 Å². The molecule has 0 saturated heterocycles. The van der Waals surface area contributed by atoms with Gasteiger partial charge in [-0.3, -0.25) is 0 Å². The number of methoxy groups -OCH3 is 1. The van der Waals surface area contributed by atoms with Gasteiger partial charge in [-0.1, -0.05) is 30.3 Å². The molecule has 2 N–H and O–H groups in total. The Morgan fingerprint density at radius 3 is 2.53 bits per heavy atom. The lowest BCUT2D eigenvalue weighted by atomic mass is 10.1. The van der Waals surface area contributed by atoms with Gasteiger partial charge in [0.25, 0.3) is 0 Å². The fraction of sp³-hybridized carbons (Fsp3) is 0.500. The molecule has 0 saturated carbocycles. The third-order valence-electron chi connectivity index (χ3n) is 2.19. The minimum Gasteiger partial charge on any atom is -0.384 e. The molecule has 3 heteroatoms. The van der Waals surface area contributed by atoms with Crippen molar-refractivity contribution in [1.29, 1.82) is 0 Å². The lowest BCUT2D eigenvalue weighted by molar-refractivity contribution is 0.218. The van der Waals surface area contributed by atoms with E-state index in [9.17, 15) is 0 Å². The van der Waals surface area contributed by atoms with E-state index >= 15 is 0 Å². The molecule has 0 aliphatic heterocycles. The number of nitrogens with two attached hydrogens (primary N) is 1. The van der Waals surface area contributed by atoms with E-state index in [-0.39, 0.29) is 6.04 Å². The van der Waals surface area contributed by atoms with Crippen LogP contribution in [0.2, 0.25) is 0 Å². The van der Waals surface area contributed by atoms with Crippen molar-refractivity contribution in [3.63, 3.8) is 0 Å². The van der Waals surface area contributed by atoms with Gasteiger partial charge in [0.15, 0.2) is 0 Å². The molecule has 2 unspecified atom stereocenters. The molecule has 0 radical (unpaired) electrons. The molecule has 0 aromatic heterocycles. The highest BCUT2D eigenvalue weighted by Crippen LogP contribution is 2.30. The number of ether oxygens (including phenoxy) is 1. The van der Waals surface area contributed by atoms with Gasteiger partial charge in [-0.05, 0) is 12.5 Å². The fourth-order valence-corrected chi connectivity index (χ4v) is 2.62. The molecule has 2 nitrogen and oxygen atoms in total. The Hall–Kier alpha value is -0.510. The molecule has 1 aromatic carbocycles. The van der Waals surface area contributed by atoms with Crippen LogP contribution in [-0.4, -0.2) is 25.5 Å². The zero-order chi connectivity index (χ0) is 11.1. The zero-order valence-corrected chi connectivity index (χ0v) is 10.2. The highest BCUT2D eigenvalue weighted by Gasteiger charge is 2.15. The Bertz CT molecular complexity index is 264. The summed E-state index contributed by atoms with van der Waals surface area (Å²) in [6.45, 7) is 2.83. The maximum absolute atomic E-state index is 5.99. The van der Waals surface area contributed by atoms with Gasteiger partial charge in [0, 0.05) is 24.2 Å². The summed E-state index contributed by atoms with van der Waals surface area (Å²) in [5, 5.41) is 0.362. The van der Waals surface area contributed by atoms with Crippen molar-refractivity contribution in [2.75, 3.05) is 19.5 Å². The summed E-state index contributed by atoms with van der Waals surface area (Å²) in [7, 11) is 1.73. The lowest BCUT2D eigenvalue weighted by Gasteiger charge is -2.20. The number of thioether (sulfide) groups is 1. The van der Waals surface area contributed by atoms with Gasteiger partial charge in [0.1, 0.15) is 0 Å². The molecular weight excluding hydrogens is 206 g/mol. The molecule has 0 heterocycles. The molecule has 2 atom stereocenters. The summed E-state index contributed by atoms with van der Waals surface area (Å²) < 4.78 is 5.05. The van der Waals surface area contributed by atoms with Crippen LogP contribution in [0.4, 0.5) is 0 Å². The molecule has 1 rings (SSSR count). The minimum absolute atomic E-state index is 0.161. The monoisotopic (exact) mass is 225 g/mol. The molecule has 0 fully saturated rings. The molecule has 15 heavy (non-hydrogen) atoms. The third kappa shape index (κ3) is 4.24. The second kappa shape index (κ2) is 6.88. The number of hydrogen-bond acceptors (Lipinski definition) is 3. The normalized spacial score (nSPS) is 14.9. The van der Waals surface area contributed by atoms with Crippen molar-refractivity contribution in [2.24, 2.45) is 5.73 Å². The first-order chi connectivity index (χ1) is 7.25. The molecule has 0 bridgehead atoms. The smallest absolute Gasteiger partial charge is 0.0553 e. The Balaban J connectivity index is 2.58. The van der Waals surface area contributed by atoms with Gasteiger partial charge in [-0.15, -0.1) is 11.8 Å². The van der Waals surface area contributed by atoms with Crippen LogP contribution >= 0.6 is 11.8 Å². The van der Waals surface area contributed by atoms with Crippen LogP contribution < -0.4 is 5.73 Å². The number of rotatable bonds is 6. The number of benzene rings is 1. The van der Waals surface area contributed by atoms with E-state index in [2.05, 4.69) is 31.2 Å². The first kappa shape index (κ1) is 12.6. The Kier molecular flexibility index (Phi) is 5.76. The fourth-order valence-electron chi connectivity index (χ4n) is 1.45. The summed E-state index contributed by atoms with van der Waals surface area (Å²) in [6.07, 6.45) is 0. The first-order valence-electron chi connectivity index (χ1n) is 5.16. The maximum Gasteiger partial charge on any atom is 0.0553 e. The highest BCUT2D eigenvalue weighted by atomic mass is 32.2. The average molecular weight is 225 g/mol. The topological polar surface area (TPSA) is 35.2 Å². The van der Waals surface area contributed by atoms with Crippen LogP contribution in [-0.2, 0) is 4.74 Å². The van der Waals surface area contributed by atoms with Gasteiger partial charge in [0.2, 0.25) is 0 Å². The van der Waals surface area contributed by atoms with E-state index in [4.69, 9.17) is 10.5 Å². The summed E-state index contributed by atoms with van der Waals surface area (Å²) in [5.41, 5.74) is 7.29. The highest BCUT2D eigenvalue weighted by molar-refractivity contribution is 7.99. The predicted octanol–water partition coefficient (Wildman–Crippen LogP) is 2.45. The van der Waals surface area contributed by atoms with Crippen molar-refractivity contribution < 1.29 is 4.74 Å². The van der Waals surface area contributed by atoms with E-state index in [0.717, 1.165) is 12.4 Å². The molecule has 84 valence electrons. The average Bonchev–Trinajstić information content (AvgIpc) is 2.25. The van der Waals surface area contributed by atoms with Crippen molar-refractivity contribution in [3.05, 3.63) is 35.9 Å². The van der Waals surface area contributed by atoms with E-state index in [1.807, 2.05) is 17.8 Å². The van der Waals surface area contributed by atoms with Crippen molar-refractivity contribution in [2.45, 2.75) is 18.2 Å². The molecule has 1 aromatic rings. The van der Waals surface area contributed by atoms with Crippen LogP contribution in [0.5, 0.6) is 0 Å². The predicted molar refractivity (Wildman–Crippen MR) is 67.2 cm³/mol. The van der Waals surface area contributed by atoms with Gasteiger partial charge in [0.05, 0.1) is 6.61 Å². The van der Waals surface area contributed by atoms with E-state index in [1.165, 1.54) is 5.56 Å². The lowest BCUT2D eigenvalue weighted by Crippen LogP contribution is -2.23. The molecule has 0 spiro atoms. The van der Waals surface area contributed by atoms with E-state index < -0.39 is 0 Å².